The molecule has 11 aromatic rings. The van der Waals surface area contributed by atoms with Crippen molar-refractivity contribution >= 4 is 38.9 Å². The Bertz CT molecular complexity index is 3350. The van der Waals surface area contributed by atoms with Gasteiger partial charge in [0.15, 0.2) is 0 Å². The van der Waals surface area contributed by atoms with Crippen LogP contribution in [0.1, 0.15) is 0 Å². The molecule has 0 bridgehead atoms. The summed E-state index contributed by atoms with van der Waals surface area (Å²) in [5.41, 5.74) is 18.6. The lowest BCUT2D eigenvalue weighted by Crippen LogP contribution is -2.12. The highest BCUT2D eigenvalue weighted by Crippen LogP contribution is 2.48. The molecule has 10 aromatic carbocycles. The van der Waals surface area contributed by atoms with E-state index in [1.807, 2.05) is 0 Å². The van der Waals surface area contributed by atoms with Gasteiger partial charge >= 0.3 is 0 Å². The molecular weight excluding hydrogens is 749 g/mol. The van der Waals surface area contributed by atoms with Gasteiger partial charge in [-0.15, -0.1) is 0 Å². The topological polar surface area (TPSA) is 8.17 Å². The van der Waals surface area contributed by atoms with Crippen LogP contribution in [0.2, 0.25) is 0 Å². The normalized spacial score (nSPS) is 11.2. The number of hydrogen-bond donors (Lipinski definition) is 0. The van der Waals surface area contributed by atoms with Crippen LogP contribution in [-0.4, -0.2) is 4.57 Å². The first-order chi connectivity index (χ1) is 30.8. The van der Waals surface area contributed by atoms with E-state index in [0.717, 1.165) is 39.4 Å². The molecule has 0 spiro atoms. The van der Waals surface area contributed by atoms with Gasteiger partial charge in [0.2, 0.25) is 0 Å². The van der Waals surface area contributed by atoms with Gasteiger partial charge in [0.25, 0.3) is 0 Å². The summed E-state index contributed by atoms with van der Waals surface area (Å²) in [7, 11) is 0. The smallest absolute Gasteiger partial charge is 0.0541 e. The summed E-state index contributed by atoms with van der Waals surface area (Å²) in [6.07, 6.45) is 0. The van der Waals surface area contributed by atoms with Crippen LogP contribution in [0.15, 0.2) is 255 Å². The monoisotopic (exact) mass is 790 g/mol. The van der Waals surface area contributed by atoms with Crippen LogP contribution >= 0.6 is 0 Å². The van der Waals surface area contributed by atoms with E-state index in [-0.39, 0.29) is 0 Å². The molecule has 0 saturated carbocycles. The Hall–Kier alpha value is -8.20. The van der Waals surface area contributed by atoms with Crippen LogP contribution < -0.4 is 4.90 Å². The second-order valence-corrected chi connectivity index (χ2v) is 15.7. The summed E-state index contributed by atoms with van der Waals surface area (Å²) >= 11 is 0. The predicted molar refractivity (Wildman–Crippen MR) is 263 cm³/mol. The summed E-state index contributed by atoms with van der Waals surface area (Å²) in [5, 5.41) is 2.47. The third kappa shape index (κ3) is 6.65. The van der Waals surface area contributed by atoms with Crippen molar-refractivity contribution in [3.63, 3.8) is 0 Å². The van der Waals surface area contributed by atoms with Crippen molar-refractivity contribution in [3.05, 3.63) is 255 Å². The average Bonchev–Trinajstić information content (AvgIpc) is 3.69. The minimum Gasteiger partial charge on any atom is -0.309 e. The highest BCUT2D eigenvalue weighted by Gasteiger charge is 2.23. The van der Waals surface area contributed by atoms with Gasteiger partial charge in [0.05, 0.1) is 22.4 Å². The van der Waals surface area contributed by atoms with E-state index in [9.17, 15) is 0 Å². The van der Waals surface area contributed by atoms with Gasteiger partial charge in [-0.3, -0.25) is 0 Å². The Kier molecular flexibility index (Phi) is 9.57. The quantitative estimate of drug-likeness (QED) is 0.141. The number of anilines is 3. The zero-order chi connectivity index (χ0) is 41.2. The Morgan fingerprint density at radius 2 is 0.710 bits per heavy atom. The number of nitrogens with zero attached hydrogens (tertiary/aromatic N) is 2. The SMILES string of the molecule is c1ccc(-c2ccccc2-c2ccccc2-c2ccccc2N(c2cccc(-c3ccc4c(c3)c3ccccc3n4-c3ccccc3)c2)c2ccccc2-c2ccccc2)cc1. The molecule has 2 nitrogen and oxygen atoms in total. The molecule has 62 heavy (non-hydrogen) atoms. The molecule has 0 fully saturated rings. The van der Waals surface area contributed by atoms with Crippen LogP contribution in [0.25, 0.3) is 83.1 Å². The Labute approximate surface area is 362 Å². The van der Waals surface area contributed by atoms with Crippen LogP contribution in [0.5, 0.6) is 0 Å². The molecule has 1 aromatic heterocycles. The average molecular weight is 791 g/mol. The third-order valence-corrected chi connectivity index (χ3v) is 12.0. The van der Waals surface area contributed by atoms with Gasteiger partial charge in [-0.25, -0.2) is 0 Å². The number of aromatic nitrogens is 1. The van der Waals surface area contributed by atoms with E-state index in [1.54, 1.807) is 0 Å². The standard InChI is InChI=1S/C60H42N2/c1-4-21-43(22-5-1)49-29-10-11-31-51(49)52-32-12-13-33-53(52)54-34-15-18-37-58(54)62(57-36-17-14-30-50(57)44-23-6-2-7-24-44)48-28-20-25-45(41-48)46-39-40-60-56(42-46)55-35-16-19-38-59(55)61(60)47-26-8-3-9-27-47/h1-42H. The van der Waals surface area contributed by atoms with E-state index >= 15 is 0 Å². The first-order valence-electron chi connectivity index (χ1n) is 21.3. The van der Waals surface area contributed by atoms with Gasteiger partial charge in [0.1, 0.15) is 0 Å². The molecule has 11 rings (SSSR count). The van der Waals surface area contributed by atoms with E-state index in [0.29, 0.717) is 0 Å². The van der Waals surface area contributed by atoms with E-state index in [1.165, 1.54) is 60.8 Å². The van der Waals surface area contributed by atoms with Crippen LogP contribution in [-0.2, 0) is 0 Å². The summed E-state index contributed by atoms with van der Waals surface area (Å²) in [5.74, 6) is 0. The Balaban J connectivity index is 1.11. The van der Waals surface area contributed by atoms with Crippen LogP contribution in [0.4, 0.5) is 17.1 Å². The number of fused-ring (bicyclic) bond motifs is 3. The lowest BCUT2D eigenvalue weighted by Gasteiger charge is -2.30. The Morgan fingerprint density at radius 3 is 1.40 bits per heavy atom. The molecule has 0 aliphatic rings. The highest BCUT2D eigenvalue weighted by molar-refractivity contribution is 6.10. The maximum Gasteiger partial charge on any atom is 0.0541 e. The maximum atomic E-state index is 2.46. The van der Waals surface area contributed by atoms with Gasteiger partial charge in [0, 0.05) is 33.3 Å². The first-order valence-corrected chi connectivity index (χ1v) is 21.3. The summed E-state index contributed by atoms with van der Waals surface area (Å²) < 4.78 is 2.38. The summed E-state index contributed by atoms with van der Waals surface area (Å²) in [4.78, 5) is 2.46. The number of para-hydroxylation sites is 4. The van der Waals surface area contributed by atoms with E-state index < -0.39 is 0 Å². The second-order valence-electron chi connectivity index (χ2n) is 15.7. The lowest BCUT2D eigenvalue weighted by molar-refractivity contribution is 1.18. The minimum absolute atomic E-state index is 1.08. The fraction of sp³-hybridized carbons (Fsp3) is 0. The molecular formula is C60H42N2. The van der Waals surface area contributed by atoms with Gasteiger partial charge < -0.3 is 9.47 Å². The second kappa shape index (κ2) is 16.1. The van der Waals surface area contributed by atoms with Gasteiger partial charge in [-0.2, -0.15) is 0 Å². The molecule has 0 saturated heterocycles. The third-order valence-electron chi connectivity index (χ3n) is 12.0. The van der Waals surface area contributed by atoms with Crippen molar-refractivity contribution in [3.8, 4) is 61.3 Å². The minimum atomic E-state index is 1.08. The lowest BCUT2D eigenvalue weighted by atomic mass is 9.88. The van der Waals surface area contributed by atoms with E-state index in [2.05, 4.69) is 264 Å². The predicted octanol–water partition coefficient (Wildman–Crippen LogP) is 16.6. The molecule has 0 unspecified atom stereocenters. The fourth-order valence-corrected chi connectivity index (χ4v) is 9.21. The first kappa shape index (κ1) is 36.8. The van der Waals surface area contributed by atoms with Crippen LogP contribution in [0.3, 0.4) is 0 Å². The van der Waals surface area contributed by atoms with Crippen molar-refractivity contribution in [2.75, 3.05) is 4.90 Å². The molecule has 1 heterocycles. The number of benzene rings is 10. The molecule has 2 heteroatoms. The highest BCUT2D eigenvalue weighted by atomic mass is 15.1. The van der Waals surface area contributed by atoms with Crippen LogP contribution in [0, 0.1) is 0 Å². The Morgan fingerprint density at radius 1 is 0.258 bits per heavy atom. The number of rotatable bonds is 9. The molecule has 0 N–H and O–H groups in total. The van der Waals surface area contributed by atoms with Gasteiger partial charge in [-0.05, 0) is 99.1 Å². The fourth-order valence-electron chi connectivity index (χ4n) is 9.21. The summed E-state index contributed by atoms with van der Waals surface area (Å²) in [6, 6.07) is 92.1. The molecule has 0 aliphatic carbocycles. The van der Waals surface area contributed by atoms with Crippen molar-refractivity contribution in [2.45, 2.75) is 0 Å². The molecule has 0 aliphatic heterocycles. The van der Waals surface area contributed by atoms with Crippen molar-refractivity contribution in [1.29, 1.82) is 0 Å². The number of hydrogen-bond acceptors (Lipinski definition) is 1. The molecule has 292 valence electrons. The zero-order valence-corrected chi connectivity index (χ0v) is 34.1. The maximum absolute atomic E-state index is 2.46. The zero-order valence-electron chi connectivity index (χ0n) is 34.1. The largest absolute Gasteiger partial charge is 0.309 e. The van der Waals surface area contributed by atoms with Crippen molar-refractivity contribution < 1.29 is 0 Å². The van der Waals surface area contributed by atoms with Gasteiger partial charge in [-0.1, -0.05) is 200 Å². The molecule has 0 atom stereocenters. The van der Waals surface area contributed by atoms with E-state index in [4.69, 9.17) is 0 Å². The van der Waals surface area contributed by atoms with Crippen molar-refractivity contribution in [1.82, 2.24) is 4.57 Å². The van der Waals surface area contributed by atoms with Crippen molar-refractivity contribution in [2.24, 2.45) is 0 Å². The molecule has 0 amide bonds. The summed E-state index contributed by atoms with van der Waals surface area (Å²) in [6.45, 7) is 0. The molecule has 0 radical (unpaired) electrons.